The first-order chi connectivity index (χ1) is 10.1. The summed E-state index contributed by atoms with van der Waals surface area (Å²) < 4.78 is 63.7. The van der Waals surface area contributed by atoms with Gasteiger partial charge in [0.25, 0.3) is 0 Å². The van der Waals surface area contributed by atoms with Crippen LogP contribution in [0.2, 0.25) is 0 Å². The summed E-state index contributed by atoms with van der Waals surface area (Å²) in [6, 6.07) is -0.204. The van der Waals surface area contributed by atoms with E-state index in [4.69, 9.17) is 0 Å². The first-order valence-corrected chi connectivity index (χ1v) is 9.81. The summed E-state index contributed by atoms with van der Waals surface area (Å²) in [5.41, 5.74) is 0. The number of sulfonamides is 1. The molecule has 2 rings (SSSR count). The van der Waals surface area contributed by atoms with E-state index in [9.17, 15) is 21.6 Å². The third-order valence-electron chi connectivity index (χ3n) is 4.83. The zero-order valence-corrected chi connectivity index (χ0v) is 13.6. The van der Waals surface area contributed by atoms with Crippen LogP contribution in [-0.2, 0) is 10.0 Å². The van der Waals surface area contributed by atoms with Gasteiger partial charge in [0.1, 0.15) is 0 Å². The second kappa shape index (κ2) is 7.05. The number of rotatable bonds is 5. The molecule has 2 aliphatic rings. The van der Waals surface area contributed by atoms with Gasteiger partial charge in [-0.2, -0.15) is 13.2 Å². The van der Waals surface area contributed by atoms with E-state index in [2.05, 4.69) is 10.0 Å². The summed E-state index contributed by atoms with van der Waals surface area (Å²) in [5, 5.41) is 3.25. The topological polar surface area (TPSA) is 58.2 Å². The van der Waals surface area contributed by atoms with Gasteiger partial charge < -0.3 is 5.32 Å². The third kappa shape index (κ3) is 5.38. The summed E-state index contributed by atoms with van der Waals surface area (Å²) in [6.45, 7) is 0.586. The molecule has 8 heteroatoms. The maximum absolute atomic E-state index is 12.8. The van der Waals surface area contributed by atoms with E-state index in [1.165, 1.54) is 0 Å². The Labute approximate surface area is 130 Å². The Balaban J connectivity index is 1.82. The maximum atomic E-state index is 12.8. The lowest BCUT2D eigenvalue weighted by Gasteiger charge is -2.32. The van der Waals surface area contributed by atoms with E-state index < -0.39 is 22.1 Å². The SMILES string of the molecule is CS(=O)(=O)N[C@@H]1CCC[C@@H]1CN[C@H]1CCC[C@H](C(F)(F)F)C1. The Kier molecular flexibility index (Phi) is 5.77. The van der Waals surface area contributed by atoms with Gasteiger partial charge >= 0.3 is 6.18 Å². The highest BCUT2D eigenvalue weighted by Gasteiger charge is 2.42. The lowest BCUT2D eigenvalue weighted by Crippen LogP contribution is -2.44. The van der Waals surface area contributed by atoms with Crippen molar-refractivity contribution in [1.82, 2.24) is 10.0 Å². The molecule has 2 saturated carbocycles. The normalized spacial score (nSPS) is 34.0. The van der Waals surface area contributed by atoms with Crippen LogP contribution in [0.3, 0.4) is 0 Å². The van der Waals surface area contributed by atoms with Gasteiger partial charge in [-0.25, -0.2) is 13.1 Å². The van der Waals surface area contributed by atoms with Gasteiger partial charge in [0.2, 0.25) is 10.0 Å². The molecule has 2 aliphatic carbocycles. The summed E-state index contributed by atoms with van der Waals surface area (Å²) in [7, 11) is -3.24. The van der Waals surface area contributed by atoms with E-state index in [0.717, 1.165) is 31.9 Å². The second-order valence-corrected chi connectivity index (χ2v) is 8.48. The van der Waals surface area contributed by atoms with Crippen molar-refractivity contribution in [3.8, 4) is 0 Å². The molecule has 0 aromatic rings. The van der Waals surface area contributed by atoms with Crippen LogP contribution in [0.4, 0.5) is 13.2 Å². The van der Waals surface area contributed by atoms with Crippen molar-refractivity contribution >= 4 is 10.0 Å². The van der Waals surface area contributed by atoms with E-state index in [0.29, 0.717) is 13.0 Å². The highest BCUT2D eigenvalue weighted by Crippen LogP contribution is 2.37. The Morgan fingerprint density at radius 3 is 2.41 bits per heavy atom. The van der Waals surface area contributed by atoms with E-state index in [1.54, 1.807) is 0 Å². The fraction of sp³-hybridized carbons (Fsp3) is 1.00. The molecule has 0 aromatic heterocycles. The van der Waals surface area contributed by atoms with Gasteiger partial charge in [0, 0.05) is 12.1 Å². The molecule has 0 bridgehead atoms. The molecule has 2 fully saturated rings. The molecule has 0 heterocycles. The van der Waals surface area contributed by atoms with Crippen molar-refractivity contribution in [2.24, 2.45) is 11.8 Å². The van der Waals surface area contributed by atoms with Gasteiger partial charge in [0.05, 0.1) is 12.2 Å². The third-order valence-corrected chi connectivity index (χ3v) is 5.56. The van der Waals surface area contributed by atoms with E-state index in [1.807, 2.05) is 0 Å². The number of nitrogens with one attached hydrogen (secondary N) is 2. The Morgan fingerprint density at radius 1 is 1.09 bits per heavy atom. The maximum Gasteiger partial charge on any atom is 0.391 e. The van der Waals surface area contributed by atoms with Crippen LogP contribution in [0.25, 0.3) is 0 Å². The van der Waals surface area contributed by atoms with E-state index >= 15 is 0 Å². The van der Waals surface area contributed by atoms with Crippen molar-refractivity contribution in [1.29, 1.82) is 0 Å². The van der Waals surface area contributed by atoms with Crippen LogP contribution in [0.1, 0.15) is 44.9 Å². The number of halogens is 3. The predicted molar refractivity (Wildman–Crippen MR) is 78.9 cm³/mol. The molecule has 0 radical (unpaired) electrons. The molecule has 4 nitrogen and oxygen atoms in total. The average molecular weight is 342 g/mol. The monoisotopic (exact) mass is 342 g/mol. The van der Waals surface area contributed by atoms with Crippen LogP contribution < -0.4 is 10.0 Å². The minimum Gasteiger partial charge on any atom is -0.314 e. The van der Waals surface area contributed by atoms with Crippen molar-refractivity contribution in [3.63, 3.8) is 0 Å². The minimum absolute atomic E-state index is 0.0931. The molecule has 2 N–H and O–H groups in total. The van der Waals surface area contributed by atoms with Crippen molar-refractivity contribution in [2.75, 3.05) is 12.8 Å². The summed E-state index contributed by atoms with van der Waals surface area (Å²) in [4.78, 5) is 0. The molecule has 0 amide bonds. The van der Waals surface area contributed by atoms with E-state index in [-0.39, 0.29) is 30.8 Å². The predicted octanol–water partition coefficient (Wildman–Crippen LogP) is 2.42. The molecule has 0 unspecified atom stereocenters. The van der Waals surface area contributed by atoms with Crippen molar-refractivity contribution in [2.45, 2.75) is 63.2 Å². The smallest absolute Gasteiger partial charge is 0.314 e. The second-order valence-electron chi connectivity index (χ2n) is 6.70. The van der Waals surface area contributed by atoms with Gasteiger partial charge in [-0.1, -0.05) is 12.8 Å². The summed E-state index contributed by atoms with van der Waals surface area (Å²) >= 11 is 0. The lowest BCUT2D eigenvalue weighted by molar-refractivity contribution is -0.183. The molecule has 130 valence electrons. The van der Waals surface area contributed by atoms with Crippen molar-refractivity contribution in [3.05, 3.63) is 0 Å². The first kappa shape index (κ1) is 18.0. The summed E-state index contributed by atoms with van der Waals surface area (Å²) in [5.74, 6) is -1.03. The molecular formula is C14H25F3N2O2S. The molecule has 0 aromatic carbocycles. The zero-order chi connectivity index (χ0) is 16.4. The fourth-order valence-electron chi connectivity index (χ4n) is 3.70. The number of hydrogen-bond acceptors (Lipinski definition) is 3. The Morgan fingerprint density at radius 2 is 1.77 bits per heavy atom. The minimum atomic E-state index is -4.10. The Bertz CT molecular complexity index is 467. The van der Waals surface area contributed by atoms with Crippen LogP contribution in [0.5, 0.6) is 0 Å². The summed E-state index contributed by atoms with van der Waals surface area (Å²) in [6.07, 6.45) is 1.43. The van der Waals surface area contributed by atoms with Gasteiger partial charge in [-0.3, -0.25) is 0 Å². The lowest BCUT2D eigenvalue weighted by atomic mass is 9.85. The molecule has 4 atom stereocenters. The largest absolute Gasteiger partial charge is 0.391 e. The molecule has 0 spiro atoms. The van der Waals surface area contributed by atoms with Crippen LogP contribution >= 0.6 is 0 Å². The molecule has 0 saturated heterocycles. The van der Waals surface area contributed by atoms with Gasteiger partial charge in [-0.05, 0) is 44.6 Å². The highest BCUT2D eigenvalue weighted by molar-refractivity contribution is 7.88. The molecule has 22 heavy (non-hydrogen) atoms. The average Bonchev–Trinajstić information content (AvgIpc) is 2.81. The van der Waals surface area contributed by atoms with Crippen molar-refractivity contribution < 1.29 is 21.6 Å². The van der Waals surface area contributed by atoms with Crippen LogP contribution in [-0.4, -0.2) is 39.5 Å². The quantitative estimate of drug-likeness (QED) is 0.807. The zero-order valence-electron chi connectivity index (χ0n) is 12.8. The first-order valence-electron chi connectivity index (χ1n) is 7.92. The molecule has 0 aliphatic heterocycles. The van der Waals surface area contributed by atoms with Gasteiger partial charge in [0.15, 0.2) is 0 Å². The molecular weight excluding hydrogens is 317 g/mol. The number of hydrogen-bond donors (Lipinski definition) is 2. The fourth-order valence-corrected chi connectivity index (χ4v) is 4.56. The Hall–Kier alpha value is -0.340. The van der Waals surface area contributed by atoms with Gasteiger partial charge in [-0.15, -0.1) is 0 Å². The standard InChI is InChI=1S/C14H25F3N2O2S/c1-22(20,21)19-13-7-2-4-10(13)9-18-12-6-3-5-11(8-12)14(15,16)17/h10-13,18-19H,2-9H2,1H3/t10-,11+,12+,13-/m1/s1. The number of alkyl halides is 3. The van der Waals surface area contributed by atoms with Crippen LogP contribution in [0.15, 0.2) is 0 Å². The van der Waals surface area contributed by atoms with Crippen LogP contribution in [0, 0.1) is 11.8 Å². The highest BCUT2D eigenvalue weighted by atomic mass is 32.2.